The smallest absolute Gasteiger partial charge is 0.124 e. The molecule has 3 aromatic carbocycles. The van der Waals surface area contributed by atoms with Crippen molar-refractivity contribution in [2.75, 3.05) is 26.3 Å². The zero-order valence-electron chi connectivity index (χ0n) is 16.2. The van der Waals surface area contributed by atoms with Crippen molar-refractivity contribution in [3.8, 4) is 5.75 Å². The van der Waals surface area contributed by atoms with Crippen molar-refractivity contribution < 1.29 is 9.84 Å². The van der Waals surface area contributed by atoms with E-state index in [2.05, 4.69) is 42.2 Å². The predicted molar refractivity (Wildman–Crippen MR) is 114 cm³/mol. The third-order valence-corrected chi connectivity index (χ3v) is 5.42. The monoisotopic (exact) mass is 374 g/mol. The first-order valence-electron chi connectivity index (χ1n) is 9.84. The number of aliphatic imine (C=N–C) groups is 1. The Morgan fingerprint density at radius 1 is 0.964 bits per heavy atom. The molecule has 144 valence electrons. The number of aromatic hydroxyl groups is 1. The molecule has 4 nitrogen and oxygen atoms in total. The lowest BCUT2D eigenvalue weighted by Crippen LogP contribution is -2.42. The Morgan fingerprint density at radius 3 is 2.46 bits per heavy atom. The number of rotatable bonds is 5. The van der Waals surface area contributed by atoms with Crippen molar-refractivity contribution >= 4 is 17.0 Å². The Balaban J connectivity index is 1.66. The molecule has 1 aliphatic rings. The third kappa shape index (κ3) is 3.93. The van der Waals surface area contributed by atoms with Crippen molar-refractivity contribution in [2.45, 2.75) is 19.0 Å². The number of nitrogens with zero attached hydrogens (tertiary/aromatic N) is 2. The Morgan fingerprint density at radius 2 is 1.68 bits per heavy atom. The summed E-state index contributed by atoms with van der Waals surface area (Å²) in [5.41, 5.74) is 2.04. The molecule has 2 atom stereocenters. The second-order valence-electron chi connectivity index (χ2n) is 7.24. The van der Waals surface area contributed by atoms with Gasteiger partial charge in [0.15, 0.2) is 0 Å². The lowest BCUT2D eigenvalue weighted by atomic mass is 9.98. The molecule has 4 heteroatoms. The van der Waals surface area contributed by atoms with Gasteiger partial charge < -0.3 is 9.84 Å². The van der Waals surface area contributed by atoms with Crippen LogP contribution >= 0.6 is 0 Å². The molecule has 3 aromatic rings. The first-order valence-corrected chi connectivity index (χ1v) is 9.84. The lowest BCUT2D eigenvalue weighted by molar-refractivity contribution is 0.0119. The Labute approximate surface area is 166 Å². The number of morpholine rings is 1. The van der Waals surface area contributed by atoms with Crippen LogP contribution in [0.2, 0.25) is 0 Å². The van der Waals surface area contributed by atoms with E-state index in [1.807, 2.05) is 36.5 Å². The van der Waals surface area contributed by atoms with Gasteiger partial charge in [-0.25, -0.2) is 0 Å². The molecule has 1 saturated heterocycles. The molecule has 0 aliphatic carbocycles. The second-order valence-corrected chi connectivity index (χ2v) is 7.24. The maximum Gasteiger partial charge on any atom is 0.124 e. The zero-order valence-corrected chi connectivity index (χ0v) is 16.2. The standard InChI is InChI=1S/C24H26N2O2/c1-18(24(20-8-3-2-4-9-20)26-13-15-28-16-14-26)25-17-22-21-10-6-5-7-19(21)11-12-23(22)27/h2-12,17-18,24,27H,13-16H2,1H3/t18-,24-/m1/s1. The van der Waals surface area contributed by atoms with Gasteiger partial charge in [0.1, 0.15) is 5.75 Å². The van der Waals surface area contributed by atoms with Crippen molar-refractivity contribution in [3.05, 3.63) is 77.9 Å². The minimum absolute atomic E-state index is 0.0406. The van der Waals surface area contributed by atoms with Crippen LogP contribution in [-0.4, -0.2) is 48.6 Å². The van der Waals surface area contributed by atoms with Gasteiger partial charge in [-0.3, -0.25) is 9.89 Å². The van der Waals surface area contributed by atoms with Crippen LogP contribution < -0.4 is 0 Å². The van der Waals surface area contributed by atoms with Crippen molar-refractivity contribution in [2.24, 2.45) is 4.99 Å². The molecule has 0 unspecified atom stereocenters. The fourth-order valence-corrected chi connectivity index (χ4v) is 3.99. The van der Waals surface area contributed by atoms with E-state index in [0.29, 0.717) is 0 Å². The van der Waals surface area contributed by atoms with Crippen LogP contribution in [0.25, 0.3) is 10.8 Å². The maximum absolute atomic E-state index is 10.4. The van der Waals surface area contributed by atoms with Crippen LogP contribution in [0.15, 0.2) is 71.7 Å². The van der Waals surface area contributed by atoms with Gasteiger partial charge in [0.25, 0.3) is 0 Å². The van der Waals surface area contributed by atoms with Crippen molar-refractivity contribution in [3.63, 3.8) is 0 Å². The van der Waals surface area contributed by atoms with Gasteiger partial charge in [0.2, 0.25) is 0 Å². The van der Waals surface area contributed by atoms with E-state index >= 15 is 0 Å². The molecule has 0 spiro atoms. The Kier molecular flexibility index (Phi) is 5.70. The highest BCUT2D eigenvalue weighted by atomic mass is 16.5. The quantitative estimate of drug-likeness (QED) is 0.672. The molecule has 4 rings (SSSR count). The third-order valence-electron chi connectivity index (χ3n) is 5.42. The van der Waals surface area contributed by atoms with Gasteiger partial charge >= 0.3 is 0 Å². The predicted octanol–water partition coefficient (Wildman–Crippen LogP) is 4.43. The summed E-state index contributed by atoms with van der Waals surface area (Å²) in [5, 5.41) is 12.5. The summed E-state index contributed by atoms with van der Waals surface area (Å²) in [6, 6.07) is 22.5. The molecule has 0 saturated carbocycles. The number of fused-ring (bicyclic) bond motifs is 1. The van der Waals surface area contributed by atoms with Gasteiger partial charge in [0.05, 0.1) is 25.3 Å². The number of ether oxygens (including phenoxy) is 1. The van der Waals surface area contributed by atoms with Crippen LogP contribution in [0.3, 0.4) is 0 Å². The molecular weight excluding hydrogens is 348 g/mol. The molecular formula is C24H26N2O2. The molecule has 1 aliphatic heterocycles. The Hall–Kier alpha value is -2.69. The number of hydrogen-bond acceptors (Lipinski definition) is 4. The van der Waals surface area contributed by atoms with E-state index in [9.17, 15) is 5.11 Å². The van der Waals surface area contributed by atoms with Gasteiger partial charge in [-0.05, 0) is 29.3 Å². The largest absolute Gasteiger partial charge is 0.507 e. The summed E-state index contributed by atoms with van der Waals surface area (Å²) in [4.78, 5) is 7.34. The normalized spacial score (nSPS) is 17.8. The highest BCUT2D eigenvalue weighted by molar-refractivity contribution is 6.02. The number of benzene rings is 3. The molecule has 1 N–H and O–H groups in total. The van der Waals surface area contributed by atoms with E-state index in [4.69, 9.17) is 9.73 Å². The summed E-state index contributed by atoms with van der Waals surface area (Å²) >= 11 is 0. The molecule has 0 bridgehead atoms. The van der Waals surface area contributed by atoms with Crippen LogP contribution in [-0.2, 0) is 4.74 Å². The topological polar surface area (TPSA) is 45.1 Å². The van der Waals surface area contributed by atoms with Crippen LogP contribution in [0.4, 0.5) is 0 Å². The van der Waals surface area contributed by atoms with Gasteiger partial charge in [-0.2, -0.15) is 0 Å². The van der Waals surface area contributed by atoms with Crippen molar-refractivity contribution in [1.82, 2.24) is 4.90 Å². The second kappa shape index (κ2) is 8.55. The minimum atomic E-state index is 0.0406. The Bertz CT molecular complexity index is 949. The average Bonchev–Trinajstić information content (AvgIpc) is 2.75. The number of hydrogen-bond donors (Lipinski definition) is 1. The minimum Gasteiger partial charge on any atom is -0.507 e. The fourth-order valence-electron chi connectivity index (χ4n) is 3.99. The first kappa shape index (κ1) is 18.7. The molecule has 0 aromatic heterocycles. The summed E-state index contributed by atoms with van der Waals surface area (Å²) < 4.78 is 5.55. The van der Waals surface area contributed by atoms with E-state index < -0.39 is 0 Å². The molecule has 1 heterocycles. The van der Waals surface area contributed by atoms with Crippen LogP contribution in [0.5, 0.6) is 5.75 Å². The van der Waals surface area contributed by atoms with Crippen molar-refractivity contribution in [1.29, 1.82) is 0 Å². The maximum atomic E-state index is 10.4. The van der Waals surface area contributed by atoms with E-state index in [0.717, 1.165) is 42.6 Å². The molecule has 0 amide bonds. The van der Waals surface area contributed by atoms with Gasteiger partial charge in [-0.1, -0.05) is 60.7 Å². The molecule has 0 radical (unpaired) electrons. The first-order chi connectivity index (χ1) is 13.7. The number of phenols is 1. The summed E-state index contributed by atoms with van der Waals surface area (Å²) in [5.74, 6) is 0.261. The van der Waals surface area contributed by atoms with Crippen LogP contribution in [0.1, 0.15) is 24.1 Å². The summed E-state index contributed by atoms with van der Waals surface area (Å²) in [6.07, 6.45) is 1.83. The SMILES string of the molecule is C[C@@H](N=Cc1c(O)ccc2ccccc12)[C@H](c1ccccc1)N1CCOCC1. The fraction of sp³-hybridized carbons (Fsp3) is 0.292. The lowest BCUT2D eigenvalue weighted by Gasteiger charge is -2.37. The summed E-state index contributed by atoms with van der Waals surface area (Å²) in [7, 11) is 0. The van der Waals surface area contributed by atoms with Gasteiger partial charge in [0, 0.05) is 24.9 Å². The number of phenolic OH excluding ortho intramolecular Hbond substituents is 1. The van der Waals surface area contributed by atoms with E-state index in [1.165, 1.54) is 5.56 Å². The molecule has 28 heavy (non-hydrogen) atoms. The van der Waals surface area contributed by atoms with E-state index in [-0.39, 0.29) is 17.8 Å². The van der Waals surface area contributed by atoms with Crippen LogP contribution in [0, 0.1) is 0 Å². The summed E-state index contributed by atoms with van der Waals surface area (Å²) in [6.45, 7) is 5.46. The van der Waals surface area contributed by atoms with E-state index in [1.54, 1.807) is 6.07 Å². The molecule has 1 fully saturated rings. The zero-order chi connectivity index (χ0) is 19.3. The average molecular weight is 374 g/mol. The van der Waals surface area contributed by atoms with Gasteiger partial charge in [-0.15, -0.1) is 0 Å². The highest BCUT2D eigenvalue weighted by Crippen LogP contribution is 2.29. The highest BCUT2D eigenvalue weighted by Gasteiger charge is 2.27.